The van der Waals surface area contributed by atoms with E-state index in [1.807, 2.05) is 0 Å². The van der Waals surface area contributed by atoms with E-state index in [1.165, 1.54) is 4.90 Å². The van der Waals surface area contributed by atoms with Crippen LogP contribution in [0.3, 0.4) is 0 Å². The molecule has 0 aromatic rings. The predicted molar refractivity (Wildman–Crippen MR) is 69.4 cm³/mol. The molecule has 0 fully saturated rings. The molecule has 0 saturated carbocycles. The van der Waals surface area contributed by atoms with Gasteiger partial charge >= 0.3 is 7.82 Å². The molecule has 0 radical (unpaired) electrons. The van der Waals surface area contributed by atoms with Crippen LogP contribution in [0, 0.1) is 0 Å². The molecule has 0 N–H and O–H groups in total. The molecule has 0 rings (SSSR count). The van der Waals surface area contributed by atoms with Crippen molar-refractivity contribution in [1.29, 1.82) is 0 Å². The Kier molecular flexibility index (Phi) is 7.90. The minimum atomic E-state index is -3.88. The van der Waals surface area contributed by atoms with Gasteiger partial charge in [-0.1, -0.05) is 23.2 Å². The number of halogens is 2. The highest BCUT2D eigenvalue weighted by molar-refractivity contribution is 7.48. The van der Waals surface area contributed by atoms with Crippen LogP contribution < -0.4 is 0 Å². The Labute approximate surface area is 116 Å². The summed E-state index contributed by atoms with van der Waals surface area (Å²) in [4.78, 5) is 13.4. The molecule has 9 heteroatoms. The van der Waals surface area contributed by atoms with E-state index >= 15 is 0 Å². The summed E-state index contributed by atoms with van der Waals surface area (Å²) < 4.78 is 25.3. The van der Waals surface area contributed by atoms with Gasteiger partial charge in [-0.2, -0.15) is 0 Å². The van der Waals surface area contributed by atoms with Crippen LogP contribution in [0.2, 0.25) is 0 Å². The lowest BCUT2D eigenvalue weighted by molar-refractivity contribution is -0.129. The first-order valence-electron chi connectivity index (χ1n) is 5.10. The highest BCUT2D eigenvalue weighted by Gasteiger charge is 2.32. The van der Waals surface area contributed by atoms with Gasteiger partial charge in [0.2, 0.25) is 5.76 Å². The van der Waals surface area contributed by atoms with Crippen LogP contribution in [-0.2, 0) is 22.9 Å². The van der Waals surface area contributed by atoms with Crippen LogP contribution >= 0.6 is 31.0 Å². The lowest BCUT2D eigenvalue weighted by Crippen LogP contribution is -2.32. The van der Waals surface area contributed by atoms with Gasteiger partial charge in [0.05, 0.1) is 0 Å². The lowest BCUT2D eigenvalue weighted by Gasteiger charge is -2.22. The van der Waals surface area contributed by atoms with Crippen molar-refractivity contribution in [2.75, 3.05) is 27.3 Å². The second-order valence-corrected chi connectivity index (χ2v) is 5.73. The smallest absolute Gasteiger partial charge is 0.395 e. The molecule has 0 atom stereocenters. The molecule has 6 nitrogen and oxygen atoms in total. The maximum atomic E-state index is 12.0. The molecule has 0 bridgehead atoms. The zero-order valence-corrected chi connectivity index (χ0v) is 13.0. The fraction of sp³-hybridized carbons (Fsp3) is 0.667. The minimum Gasteiger partial charge on any atom is -0.395 e. The van der Waals surface area contributed by atoms with Gasteiger partial charge in [-0.05, 0) is 13.8 Å². The van der Waals surface area contributed by atoms with E-state index in [2.05, 4.69) is 9.05 Å². The zero-order chi connectivity index (χ0) is 14.3. The van der Waals surface area contributed by atoms with Gasteiger partial charge in [0, 0.05) is 27.3 Å². The fourth-order valence-corrected chi connectivity index (χ4v) is 2.11. The second-order valence-electron chi connectivity index (χ2n) is 2.97. The number of amides is 1. The number of hydrogen-bond acceptors (Lipinski definition) is 5. The van der Waals surface area contributed by atoms with Crippen molar-refractivity contribution in [3.63, 3.8) is 0 Å². The number of rotatable bonds is 7. The number of carbonyl (C=O) groups excluding carboxylic acids is 1. The van der Waals surface area contributed by atoms with Crippen molar-refractivity contribution in [2.24, 2.45) is 0 Å². The Hall–Kier alpha value is -0.260. The third-order valence-corrected chi connectivity index (χ3v) is 3.71. The molecule has 0 aliphatic rings. The quantitative estimate of drug-likeness (QED) is 0.410. The maximum absolute atomic E-state index is 12.0. The van der Waals surface area contributed by atoms with E-state index in [0.29, 0.717) is 13.1 Å². The molecule has 106 valence electrons. The third-order valence-electron chi connectivity index (χ3n) is 2.07. The molecule has 0 spiro atoms. The monoisotopic (exact) mass is 319 g/mol. The van der Waals surface area contributed by atoms with Crippen molar-refractivity contribution in [1.82, 2.24) is 4.90 Å². The molecule has 0 saturated heterocycles. The van der Waals surface area contributed by atoms with Crippen molar-refractivity contribution in [3.05, 3.63) is 10.3 Å². The average molecular weight is 320 g/mol. The summed E-state index contributed by atoms with van der Waals surface area (Å²) in [5.74, 6) is -1.05. The molecule has 0 aromatic heterocycles. The van der Waals surface area contributed by atoms with Gasteiger partial charge in [0.25, 0.3) is 5.91 Å². The van der Waals surface area contributed by atoms with Gasteiger partial charge in [0.1, 0.15) is 0 Å². The predicted octanol–water partition coefficient (Wildman–Crippen LogP) is 2.92. The number of likely N-dealkylation sites (N-methyl/N-ethyl adjacent to an activating group) is 1. The van der Waals surface area contributed by atoms with E-state index < -0.39 is 24.0 Å². The Balaban J connectivity index is 5.20. The summed E-state index contributed by atoms with van der Waals surface area (Å²) in [7, 11) is -1.65. The summed E-state index contributed by atoms with van der Waals surface area (Å²) in [5, 5.41) is 0. The molecular weight excluding hydrogens is 304 g/mol. The van der Waals surface area contributed by atoms with E-state index in [9.17, 15) is 9.36 Å². The van der Waals surface area contributed by atoms with E-state index in [1.54, 1.807) is 13.8 Å². The van der Waals surface area contributed by atoms with Crippen LogP contribution in [0.15, 0.2) is 10.3 Å². The van der Waals surface area contributed by atoms with Crippen LogP contribution in [-0.4, -0.2) is 38.1 Å². The Morgan fingerprint density at radius 2 is 1.61 bits per heavy atom. The largest absolute Gasteiger partial charge is 0.529 e. The van der Waals surface area contributed by atoms with Crippen LogP contribution in [0.25, 0.3) is 0 Å². The number of nitrogens with zero attached hydrogens (tertiary/aromatic N) is 1. The molecule has 0 aromatic carbocycles. The van der Waals surface area contributed by atoms with Gasteiger partial charge in [-0.25, -0.2) is 4.57 Å². The Bertz CT molecular complexity index is 358. The highest BCUT2D eigenvalue weighted by atomic mass is 35.5. The lowest BCUT2D eigenvalue weighted by atomic mass is 10.4. The SMILES string of the molecule is CCN(CC)C(=O)C(OP(=O)(OC)OC)=C(Cl)Cl. The Morgan fingerprint density at radius 1 is 1.17 bits per heavy atom. The first-order chi connectivity index (χ1) is 8.35. The van der Waals surface area contributed by atoms with E-state index in [0.717, 1.165) is 14.2 Å². The molecule has 0 unspecified atom stereocenters. The summed E-state index contributed by atoms with van der Waals surface area (Å²) in [6, 6.07) is 0. The van der Waals surface area contributed by atoms with Crippen LogP contribution in [0.5, 0.6) is 0 Å². The first kappa shape index (κ1) is 17.7. The molecule has 0 heterocycles. The van der Waals surface area contributed by atoms with E-state index in [4.69, 9.17) is 27.7 Å². The highest BCUT2D eigenvalue weighted by Crippen LogP contribution is 2.50. The van der Waals surface area contributed by atoms with Crippen molar-refractivity contribution in [2.45, 2.75) is 13.8 Å². The normalized spacial score (nSPS) is 11.0. The molecule has 0 aliphatic heterocycles. The van der Waals surface area contributed by atoms with Gasteiger partial charge < -0.3 is 9.42 Å². The van der Waals surface area contributed by atoms with E-state index in [-0.39, 0.29) is 0 Å². The summed E-state index contributed by atoms with van der Waals surface area (Å²) in [6.45, 7) is 4.39. The second kappa shape index (κ2) is 8.02. The molecule has 18 heavy (non-hydrogen) atoms. The maximum Gasteiger partial charge on any atom is 0.529 e. The summed E-state index contributed by atoms with van der Waals surface area (Å²) in [6.07, 6.45) is 0. The average Bonchev–Trinajstić information content (AvgIpc) is 2.36. The fourth-order valence-electron chi connectivity index (χ4n) is 1.07. The van der Waals surface area contributed by atoms with Gasteiger partial charge in [0.15, 0.2) is 4.49 Å². The topological polar surface area (TPSA) is 65.1 Å². The molecular formula is C9H16Cl2NO5P. The van der Waals surface area contributed by atoms with Crippen molar-refractivity contribution >= 4 is 36.9 Å². The number of phosphoric ester groups is 1. The first-order valence-corrected chi connectivity index (χ1v) is 7.32. The summed E-state index contributed by atoms with van der Waals surface area (Å²) in [5.41, 5.74) is 0. The molecule has 0 aliphatic carbocycles. The minimum absolute atomic E-state index is 0.424. The summed E-state index contributed by atoms with van der Waals surface area (Å²) >= 11 is 11.1. The Morgan fingerprint density at radius 3 is 1.89 bits per heavy atom. The van der Waals surface area contributed by atoms with Gasteiger partial charge in [-0.15, -0.1) is 0 Å². The van der Waals surface area contributed by atoms with Crippen LogP contribution in [0.4, 0.5) is 0 Å². The standard InChI is InChI=1S/C9H16Cl2NO5P/c1-5-12(6-2)9(13)7(8(10)11)17-18(14,15-3)16-4/h5-6H2,1-4H3. The number of hydrogen-bond donors (Lipinski definition) is 0. The van der Waals surface area contributed by atoms with Crippen molar-refractivity contribution < 1.29 is 22.9 Å². The van der Waals surface area contributed by atoms with Crippen LogP contribution in [0.1, 0.15) is 13.8 Å². The number of carbonyl (C=O) groups is 1. The van der Waals surface area contributed by atoms with Gasteiger partial charge in [-0.3, -0.25) is 13.8 Å². The third kappa shape index (κ3) is 4.78. The van der Waals surface area contributed by atoms with Crippen molar-refractivity contribution in [3.8, 4) is 0 Å². The molecule has 1 amide bonds. The zero-order valence-electron chi connectivity index (χ0n) is 10.6. The number of phosphoric acid groups is 1.